The fourth-order valence-corrected chi connectivity index (χ4v) is 3.90. The molecule has 0 unspecified atom stereocenters. The Morgan fingerprint density at radius 2 is 1.91 bits per heavy atom. The maximum atomic E-state index is 14.4. The lowest BCUT2D eigenvalue weighted by atomic mass is 9.77. The minimum absolute atomic E-state index is 0.0247. The van der Waals surface area contributed by atoms with E-state index in [0.29, 0.717) is 0 Å². The summed E-state index contributed by atoms with van der Waals surface area (Å²) in [5.41, 5.74) is 2.04. The lowest BCUT2D eigenvalue weighted by Gasteiger charge is -2.32. The van der Waals surface area contributed by atoms with E-state index in [1.54, 1.807) is 0 Å². The van der Waals surface area contributed by atoms with Gasteiger partial charge in [-0.2, -0.15) is 17.6 Å². The highest BCUT2D eigenvalue weighted by atomic mass is 19.4. The number of primary amides is 1. The van der Waals surface area contributed by atoms with Gasteiger partial charge >= 0.3 is 6.18 Å². The summed E-state index contributed by atoms with van der Waals surface area (Å²) >= 11 is 0. The summed E-state index contributed by atoms with van der Waals surface area (Å²) in [6.45, 7) is 1.98. The van der Waals surface area contributed by atoms with Crippen LogP contribution in [0, 0.1) is 17.6 Å². The number of amides is 2. The zero-order chi connectivity index (χ0) is 24.7. The number of benzene rings is 1. The highest BCUT2D eigenvalue weighted by Crippen LogP contribution is 2.55. The van der Waals surface area contributed by atoms with E-state index in [9.17, 15) is 31.5 Å². The quantitative estimate of drug-likeness (QED) is 0.647. The van der Waals surface area contributed by atoms with Crippen LogP contribution in [0.3, 0.4) is 0 Å². The Balaban J connectivity index is 2.07. The number of nitrogens with two attached hydrogens (primary N) is 1. The summed E-state index contributed by atoms with van der Waals surface area (Å²) in [6, 6.07) is 4.22. The number of nitrogens with one attached hydrogen (secondary N) is 1. The summed E-state index contributed by atoms with van der Waals surface area (Å²) in [5.74, 6) is -7.94. The molecule has 1 aromatic heterocycles. The van der Waals surface area contributed by atoms with E-state index >= 15 is 0 Å². The predicted octanol–water partition coefficient (Wildman–Crippen LogP) is 3.55. The number of aromatic nitrogens is 1. The molecule has 0 spiro atoms. The van der Waals surface area contributed by atoms with E-state index in [1.165, 1.54) is 19.2 Å². The first kappa shape index (κ1) is 24.4. The fraction of sp³-hybridized carbons (Fsp3) is 0.381. The minimum atomic E-state index is -4.89. The predicted molar refractivity (Wildman–Crippen MR) is 106 cm³/mol. The summed E-state index contributed by atoms with van der Waals surface area (Å²) in [4.78, 5) is 28.1. The second-order valence-electron chi connectivity index (χ2n) is 7.72. The number of anilines is 1. The van der Waals surface area contributed by atoms with Crippen molar-refractivity contribution in [3.63, 3.8) is 0 Å². The van der Waals surface area contributed by atoms with Crippen LogP contribution in [0.2, 0.25) is 0 Å². The number of pyridine rings is 1. The molecule has 3 N–H and O–H groups in total. The third-order valence-electron chi connectivity index (χ3n) is 5.85. The van der Waals surface area contributed by atoms with Crippen LogP contribution in [0.15, 0.2) is 30.5 Å². The Bertz CT molecular complexity index is 1090. The second-order valence-corrected chi connectivity index (χ2v) is 7.72. The van der Waals surface area contributed by atoms with Gasteiger partial charge in [-0.15, -0.1) is 0 Å². The number of rotatable bonds is 5. The van der Waals surface area contributed by atoms with Gasteiger partial charge in [0.2, 0.25) is 5.82 Å². The molecule has 0 bridgehead atoms. The Kier molecular flexibility index (Phi) is 6.33. The van der Waals surface area contributed by atoms with Crippen LogP contribution in [0.5, 0.6) is 5.75 Å². The van der Waals surface area contributed by atoms with Crippen molar-refractivity contribution in [3.8, 4) is 5.75 Å². The van der Waals surface area contributed by atoms with Gasteiger partial charge in [-0.05, 0) is 25.1 Å². The molecular weight excluding hydrogens is 453 g/mol. The van der Waals surface area contributed by atoms with E-state index < -0.39 is 58.9 Å². The number of ether oxygens (including phenoxy) is 2. The monoisotopic (exact) mass is 473 g/mol. The average Bonchev–Trinajstić information content (AvgIpc) is 3.02. The molecule has 1 aliphatic rings. The summed E-state index contributed by atoms with van der Waals surface area (Å²) in [6.07, 6.45) is -5.49. The smallest absolute Gasteiger partial charge is 0.417 e. The zero-order valence-electron chi connectivity index (χ0n) is 17.7. The van der Waals surface area contributed by atoms with Gasteiger partial charge in [0.1, 0.15) is 11.8 Å². The molecule has 3 rings (SSSR count). The van der Waals surface area contributed by atoms with Gasteiger partial charge in [-0.25, -0.2) is 4.39 Å². The molecule has 2 heterocycles. The number of carbonyl (C=O) groups excluding carboxylic acids is 2. The largest absolute Gasteiger partial charge is 0.493 e. The lowest BCUT2D eigenvalue weighted by Crippen LogP contribution is -2.47. The van der Waals surface area contributed by atoms with Crippen molar-refractivity contribution in [1.29, 1.82) is 0 Å². The molecule has 1 aromatic carbocycles. The Morgan fingerprint density at radius 3 is 2.48 bits per heavy atom. The third kappa shape index (κ3) is 4.22. The number of alkyl halides is 3. The zero-order valence-corrected chi connectivity index (χ0v) is 17.7. The second kappa shape index (κ2) is 8.58. The summed E-state index contributed by atoms with van der Waals surface area (Å²) in [5, 5.41) is 2.36. The Labute approximate surface area is 185 Å². The van der Waals surface area contributed by atoms with Gasteiger partial charge in [-0.1, -0.05) is 13.0 Å². The van der Waals surface area contributed by atoms with Crippen molar-refractivity contribution in [2.45, 2.75) is 37.6 Å². The molecule has 0 aliphatic carbocycles. The van der Waals surface area contributed by atoms with Crippen molar-refractivity contribution in [3.05, 3.63) is 53.4 Å². The molecule has 4 atom stereocenters. The van der Waals surface area contributed by atoms with Crippen LogP contribution in [0.1, 0.15) is 35.8 Å². The van der Waals surface area contributed by atoms with E-state index in [2.05, 4.69) is 10.3 Å². The molecule has 7 nitrogen and oxygen atoms in total. The topological polar surface area (TPSA) is 104 Å². The van der Waals surface area contributed by atoms with Crippen molar-refractivity contribution in [1.82, 2.24) is 4.98 Å². The number of carbonyl (C=O) groups is 2. The lowest BCUT2D eigenvalue weighted by molar-refractivity contribution is -0.272. The van der Waals surface area contributed by atoms with Gasteiger partial charge in [0.15, 0.2) is 17.2 Å². The molecule has 0 radical (unpaired) electrons. The van der Waals surface area contributed by atoms with Crippen LogP contribution in [-0.2, 0) is 9.53 Å². The first-order valence-corrected chi connectivity index (χ1v) is 9.65. The number of methoxy groups -OCH3 is 1. The van der Waals surface area contributed by atoms with E-state index in [4.69, 9.17) is 15.2 Å². The van der Waals surface area contributed by atoms with Crippen LogP contribution < -0.4 is 15.8 Å². The third-order valence-corrected chi connectivity index (χ3v) is 5.85. The fourth-order valence-electron chi connectivity index (χ4n) is 3.90. The molecule has 1 aliphatic heterocycles. The Morgan fingerprint density at radius 1 is 1.24 bits per heavy atom. The molecule has 178 valence electrons. The molecule has 1 fully saturated rings. The molecule has 2 aromatic rings. The molecule has 2 amide bonds. The molecule has 1 saturated heterocycles. The van der Waals surface area contributed by atoms with Gasteiger partial charge in [0.25, 0.3) is 11.8 Å². The highest BCUT2D eigenvalue weighted by Gasteiger charge is 2.65. The number of hydrogen-bond acceptors (Lipinski definition) is 5. The van der Waals surface area contributed by atoms with Gasteiger partial charge in [-0.3, -0.25) is 14.6 Å². The van der Waals surface area contributed by atoms with Gasteiger partial charge in [0.05, 0.1) is 7.11 Å². The van der Waals surface area contributed by atoms with Crippen molar-refractivity contribution in [2.24, 2.45) is 11.7 Å². The van der Waals surface area contributed by atoms with Gasteiger partial charge < -0.3 is 20.5 Å². The molecule has 33 heavy (non-hydrogen) atoms. The SMILES string of the molecule is COc1c([C@@H]2[C@H](C(=O)Nc3ccnc(C(N)=O)c3)O[C@](C)(C(F)(F)F)[C@H]2C)ccc(F)c1F. The first-order chi connectivity index (χ1) is 15.3. The number of nitrogens with zero attached hydrogens (tertiary/aromatic N) is 1. The number of halogens is 5. The van der Waals surface area contributed by atoms with Crippen molar-refractivity contribution in [2.75, 3.05) is 12.4 Å². The standard InChI is InChI=1S/C21H20F5N3O4/c1-9-14(11-4-5-12(22)15(23)16(11)32-3)17(33-20(9,2)21(24,25)26)19(31)29-10-6-7-28-13(8-10)18(27)30/h4-9,14,17H,1-3H3,(H2,27,30)(H,28,29,31)/t9-,14+,17+,20-/m0/s1. The maximum absolute atomic E-state index is 14.4. The molecular formula is C21H20F5N3O4. The number of hydrogen-bond donors (Lipinski definition) is 2. The average molecular weight is 473 g/mol. The van der Waals surface area contributed by atoms with Crippen molar-refractivity contribution < 1.29 is 41.0 Å². The summed E-state index contributed by atoms with van der Waals surface area (Å²) in [7, 11) is 1.03. The molecule has 0 saturated carbocycles. The van der Waals surface area contributed by atoms with Gasteiger partial charge in [0, 0.05) is 29.3 Å². The molecule has 12 heteroatoms. The van der Waals surface area contributed by atoms with Crippen molar-refractivity contribution >= 4 is 17.5 Å². The van der Waals surface area contributed by atoms with E-state index in [0.717, 1.165) is 32.2 Å². The van der Waals surface area contributed by atoms with Crippen LogP contribution in [0.25, 0.3) is 0 Å². The normalized spacial score (nSPS) is 25.0. The van der Waals surface area contributed by atoms with E-state index in [1.807, 2.05) is 0 Å². The van der Waals surface area contributed by atoms with Crippen LogP contribution in [-0.4, -0.2) is 41.8 Å². The Hall–Kier alpha value is -3.28. The first-order valence-electron chi connectivity index (χ1n) is 9.65. The van der Waals surface area contributed by atoms with Crippen LogP contribution in [0.4, 0.5) is 27.6 Å². The summed E-state index contributed by atoms with van der Waals surface area (Å²) < 4.78 is 80.1. The van der Waals surface area contributed by atoms with Crippen LogP contribution >= 0.6 is 0 Å². The minimum Gasteiger partial charge on any atom is -0.493 e. The highest BCUT2D eigenvalue weighted by molar-refractivity contribution is 5.97. The van der Waals surface area contributed by atoms with E-state index in [-0.39, 0.29) is 16.9 Å². The maximum Gasteiger partial charge on any atom is 0.417 e.